The van der Waals surface area contributed by atoms with E-state index in [1.165, 1.54) is 10.7 Å². The standard InChI is InChI=1S/C12H8N6/c13-5-10-7-15-11-2-1-9(17-18(10)11)6-16-12(8-14)3-4-12/h1-2,6-7H,3-4H2. The van der Waals surface area contributed by atoms with Gasteiger partial charge < -0.3 is 0 Å². The molecule has 0 bridgehead atoms. The van der Waals surface area contributed by atoms with E-state index in [-0.39, 0.29) is 0 Å². The van der Waals surface area contributed by atoms with Crippen molar-refractivity contribution in [2.24, 2.45) is 4.99 Å². The molecule has 2 aromatic rings. The highest BCUT2D eigenvalue weighted by Crippen LogP contribution is 2.38. The number of rotatable bonds is 2. The van der Waals surface area contributed by atoms with Crippen LogP contribution in [0.5, 0.6) is 0 Å². The van der Waals surface area contributed by atoms with Crippen LogP contribution in [0.15, 0.2) is 23.3 Å². The first kappa shape index (κ1) is 10.4. The summed E-state index contributed by atoms with van der Waals surface area (Å²) in [5.41, 5.74) is 1.06. The molecule has 86 valence electrons. The smallest absolute Gasteiger partial charge is 0.162 e. The van der Waals surface area contributed by atoms with Crippen LogP contribution in [0.4, 0.5) is 0 Å². The average Bonchev–Trinajstić information content (AvgIpc) is 3.09. The van der Waals surface area contributed by atoms with Crippen LogP contribution in [0.1, 0.15) is 24.2 Å². The largest absolute Gasteiger partial charge is 0.269 e. The first-order valence-electron chi connectivity index (χ1n) is 5.48. The van der Waals surface area contributed by atoms with Gasteiger partial charge in [0.2, 0.25) is 0 Å². The van der Waals surface area contributed by atoms with Crippen LogP contribution >= 0.6 is 0 Å². The third-order valence-corrected chi connectivity index (χ3v) is 2.87. The Morgan fingerprint density at radius 3 is 2.89 bits per heavy atom. The quantitative estimate of drug-likeness (QED) is 0.729. The SMILES string of the molecule is N#Cc1cnc2ccc(C=NC3(C#N)CC3)nn12. The molecule has 3 rings (SSSR count). The molecule has 6 heteroatoms. The number of hydrogen-bond acceptors (Lipinski definition) is 5. The fraction of sp³-hybridized carbons (Fsp3) is 0.250. The third-order valence-electron chi connectivity index (χ3n) is 2.87. The summed E-state index contributed by atoms with van der Waals surface area (Å²) < 4.78 is 1.47. The summed E-state index contributed by atoms with van der Waals surface area (Å²) in [6.07, 6.45) is 4.66. The van der Waals surface area contributed by atoms with Crippen molar-refractivity contribution >= 4 is 11.9 Å². The highest BCUT2D eigenvalue weighted by atomic mass is 15.3. The van der Waals surface area contributed by atoms with Crippen LogP contribution in [-0.2, 0) is 0 Å². The molecule has 0 aliphatic heterocycles. The number of fused-ring (bicyclic) bond motifs is 1. The summed E-state index contributed by atoms with van der Waals surface area (Å²) in [4.78, 5) is 8.29. The minimum Gasteiger partial charge on any atom is -0.269 e. The normalized spacial score (nSPS) is 16.6. The number of imidazole rings is 1. The van der Waals surface area contributed by atoms with E-state index >= 15 is 0 Å². The Kier molecular flexibility index (Phi) is 2.11. The maximum absolute atomic E-state index is 8.91. The van der Waals surface area contributed by atoms with Gasteiger partial charge in [-0.25, -0.2) is 9.50 Å². The number of aromatic nitrogens is 3. The molecule has 0 radical (unpaired) electrons. The first-order chi connectivity index (χ1) is 8.76. The Labute approximate surface area is 103 Å². The molecule has 0 atom stereocenters. The lowest BCUT2D eigenvalue weighted by Gasteiger charge is -1.98. The number of aliphatic imine (C=N–C) groups is 1. The van der Waals surface area contributed by atoms with E-state index in [0.717, 1.165) is 12.8 Å². The lowest BCUT2D eigenvalue weighted by Crippen LogP contribution is -2.03. The molecule has 6 nitrogen and oxygen atoms in total. The molecule has 0 unspecified atom stereocenters. The molecule has 0 aromatic carbocycles. The van der Waals surface area contributed by atoms with Crippen molar-refractivity contribution in [3.63, 3.8) is 0 Å². The van der Waals surface area contributed by atoms with E-state index in [9.17, 15) is 0 Å². The molecule has 1 aliphatic rings. The number of nitrogens with zero attached hydrogens (tertiary/aromatic N) is 6. The number of nitriles is 2. The highest BCUT2D eigenvalue weighted by molar-refractivity contribution is 5.78. The maximum Gasteiger partial charge on any atom is 0.162 e. The van der Waals surface area contributed by atoms with Crippen LogP contribution in [0.2, 0.25) is 0 Å². The molecule has 0 spiro atoms. The van der Waals surface area contributed by atoms with Crippen molar-refractivity contribution in [3.05, 3.63) is 29.7 Å². The van der Waals surface area contributed by atoms with Crippen molar-refractivity contribution in [2.75, 3.05) is 0 Å². The van der Waals surface area contributed by atoms with Crippen molar-refractivity contribution in [2.45, 2.75) is 18.4 Å². The van der Waals surface area contributed by atoms with Crippen molar-refractivity contribution in [1.82, 2.24) is 14.6 Å². The molecule has 2 aromatic heterocycles. The van der Waals surface area contributed by atoms with Gasteiger partial charge in [0.1, 0.15) is 17.3 Å². The topological polar surface area (TPSA) is 90.1 Å². The maximum atomic E-state index is 8.91. The molecular weight excluding hydrogens is 228 g/mol. The second-order valence-electron chi connectivity index (χ2n) is 4.19. The minimum atomic E-state index is -0.538. The lowest BCUT2D eigenvalue weighted by atomic mass is 10.3. The second-order valence-corrected chi connectivity index (χ2v) is 4.19. The second kappa shape index (κ2) is 3.64. The average molecular weight is 236 g/mol. The van der Waals surface area contributed by atoms with Crippen molar-refractivity contribution < 1.29 is 0 Å². The van der Waals surface area contributed by atoms with Crippen LogP contribution in [0, 0.1) is 22.7 Å². The minimum absolute atomic E-state index is 0.377. The number of hydrogen-bond donors (Lipinski definition) is 0. The Morgan fingerprint density at radius 1 is 1.39 bits per heavy atom. The fourth-order valence-electron chi connectivity index (χ4n) is 1.61. The van der Waals surface area contributed by atoms with Gasteiger partial charge in [0.25, 0.3) is 0 Å². The third kappa shape index (κ3) is 1.61. The van der Waals surface area contributed by atoms with Gasteiger partial charge in [0, 0.05) is 0 Å². The summed E-state index contributed by atoms with van der Waals surface area (Å²) in [6.45, 7) is 0. The van der Waals surface area contributed by atoms with Gasteiger partial charge in [-0.1, -0.05) is 0 Å². The zero-order valence-electron chi connectivity index (χ0n) is 9.41. The van der Waals surface area contributed by atoms with E-state index in [1.807, 2.05) is 6.07 Å². The highest BCUT2D eigenvalue weighted by Gasteiger charge is 2.42. The van der Waals surface area contributed by atoms with Crippen LogP contribution in [-0.4, -0.2) is 26.4 Å². The van der Waals surface area contributed by atoms with E-state index in [0.29, 0.717) is 17.0 Å². The zero-order chi connectivity index (χ0) is 12.6. The van der Waals surface area contributed by atoms with Gasteiger partial charge in [-0.05, 0) is 25.0 Å². The van der Waals surface area contributed by atoms with Gasteiger partial charge in [-0.2, -0.15) is 15.6 Å². The monoisotopic (exact) mass is 236 g/mol. The molecule has 1 fully saturated rings. The molecule has 1 aliphatic carbocycles. The summed E-state index contributed by atoms with van der Waals surface area (Å²) in [6, 6.07) is 7.72. The zero-order valence-corrected chi connectivity index (χ0v) is 9.41. The van der Waals surface area contributed by atoms with Crippen LogP contribution in [0.25, 0.3) is 5.65 Å². The Balaban J connectivity index is 1.99. The van der Waals surface area contributed by atoms with Crippen molar-refractivity contribution in [1.29, 1.82) is 10.5 Å². The molecule has 1 saturated carbocycles. The molecule has 0 N–H and O–H groups in total. The van der Waals surface area contributed by atoms with E-state index in [4.69, 9.17) is 10.5 Å². The summed E-state index contributed by atoms with van der Waals surface area (Å²) in [5.74, 6) is 0. The van der Waals surface area contributed by atoms with Gasteiger partial charge in [0.05, 0.1) is 18.5 Å². The van der Waals surface area contributed by atoms with E-state index in [2.05, 4.69) is 21.1 Å². The summed E-state index contributed by atoms with van der Waals surface area (Å²) in [7, 11) is 0. The van der Waals surface area contributed by atoms with Crippen LogP contribution in [0.3, 0.4) is 0 Å². The van der Waals surface area contributed by atoms with Gasteiger partial charge >= 0.3 is 0 Å². The molecule has 0 saturated heterocycles. The molecular formula is C12H8N6. The van der Waals surface area contributed by atoms with E-state index in [1.54, 1.807) is 18.3 Å². The van der Waals surface area contributed by atoms with Gasteiger partial charge in [0.15, 0.2) is 11.3 Å². The molecule has 0 amide bonds. The Bertz CT molecular complexity index is 723. The van der Waals surface area contributed by atoms with Gasteiger partial charge in [-0.15, -0.1) is 0 Å². The van der Waals surface area contributed by atoms with E-state index < -0.39 is 5.54 Å². The van der Waals surface area contributed by atoms with Crippen molar-refractivity contribution in [3.8, 4) is 12.1 Å². The summed E-state index contributed by atoms with van der Waals surface area (Å²) in [5, 5.41) is 22.1. The predicted octanol–water partition coefficient (Wildman–Crippen LogP) is 1.08. The first-order valence-corrected chi connectivity index (χ1v) is 5.48. The molecule has 18 heavy (non-hydrogen) atoms. The fourth-order valence-corrected chi connectivity index (χ4v) is 1.61. The Morgan fingerprint density at radius 2 is 2.22 bits per heavy atom. The Hall–Kier alpha value is -2.73. The summed E-state index contributed by atoms with van der Waals surface area (Å²) >= 11 is 0. The van der Waals surface area contributed by atoms with Crippen LogP contribution < -0.4 is 0 Å². The predicted molar refractivity (Wildman–Crippen MR) is 62.9 cm³/mol. The lowest BCUT2D eigenvalue weighted by molar-refractivity contribution is 0.871. The van der Waals surface area contributed by atoms with Gasteiger partial charge in [-0.3, -0.25) is 4.99 Å². The molecule has 2 heterocycles.